The minimum Gasteiger partial charge on any atom is -0.497 e. The summed E-state index contributed by atoms with van der Waals surface area (Å²) in [6.45, 7) is 4.28. The van der Waals surface area contributed by atoms with Crippen LogP contribution in [0.25, 0.3) is 0 Å². The lowest BCUT2D eigenvalue weighted by Gasteiger charge is -2.33. The quantitative estimate of drug-likeness (QED) is 0.474. The third kappa shape index (κ3) is 6.16. The fourth-order valence-electron chi connectivity index (χ4n) is 3.79. The highest BCUT2D eigenvalue weighted by Crippen LogP contribution is 2.27. The molecule has 0 saturated carbocycles. The summed E-state index contributed by atoms with van der Waals surface area (Å²) in [7, 11) is 3.21. The fraction of sp³-hybridized carbons (Fsp3) is 0.286. The van der Waals surface area contributed by atoms with Crippen molar-refractivity contribution in [1.29, 1.82) is 0 Å². The highest BCUT2D eigenvalue weighted by atomic mass is 16.5. The zero-order valence-corrected chi connectivity index (χ0v) is 20.2. The van der Waals surface area contributed by atoms with Gasteiger partial charge in [0.2, 0.25) is 11.8 Å². The highest BCUT2D eigenvalue weighted by Gasteiger charge is 2.32. The van der Waals surface area contributed by atoms with Crippen LogP contribution in [-0.2, 0) is 22.7 Å². The van der Waals surface area contributed by atoms with E-state index in [0.717, 1.165) is 22.4 Å². The molecule has 0 aromatic heterocycles. The van der Waals surface area contributed by atoms with Crippen molar-refractivity contribution in [3.8, 4) is 11.5 Å². The van der Waals surface area contributed by atoms with Gasteiger partial charge in [-0.1, -0.05) is 74.5 Å². The van der Waals surface area contributed by atoms with Gasteiger partial charge in [-0.15, -0.1) is 0 Å². The van der Waals surface area contributed by atoms with Crippen LogP contribution in [0.1, 0.15) is 36.6 Å². The third-order valence-corrected chi connectivity index (χ3v) is 5.61. The predicted octanol–water partition coefficient (Wildman–Crippen LogP) is 4.75. The summed E-state index contributed by atoms with van der Waals surface area (Å²) in [5.74, 6) is 0.815. The smallest absolute Gasteiger partial charge is 0.247 e. The molecule has 0 aliphatic heterocycles. The van der Waals surface area contributed by atoms with E-state index in [1.807, 2.05) is 92.7 Å². The van der Waals surface area contributed by atoms with E-state index in [2.05, 4.69) is 5.32 Å². The molecule has 3 aromatic rings. The molecule has 1 atom stereocenters. The van der Waals surface area contributed by atoms with Gasteiger partial charge >= 0.3 is 0 Å². The summed E-state index contributed by atoms with van der Waals surface area (Å²) < 4.78 is 10.7. The molecule has 178 valence electrons. The largest absolute Gasteiger partial charge is 0.497 e. The molecule has 1 N–H and O–H groups in total. The summed E-state index contributed by atoms with van der Waals surface area (Å²) >= 11 is 0. The van der Waals surface area contributed by atoms with Crippen LogP contribution in [0, 0.1) is 5.92 Å². The lowest BCUT2D eigenvalue weighted by molar-refractivity contribution is -0.144. The van der Waals surface area contributed by atoms with Gasteiger partial charge < -0.3 is 19.7 Å². The Morgan fingerprint density at radius 2 is 1.50 bits per heavy atom. The van der Waals surface area contributed by atoms with Gasteiger partial charge in [0.1, 0.15) is 17.5 Å². The molecule has 34 heavy (non-hydrogen) atoms. The van der Waals surface area contributed by atoms with E-state index in [9.17, 15) is 9.59 Å². The monoisotopic (exact) mass is 460 g/mol. The molecule has 0 fully saturated rings. The van der Waals surface area contributed by atoms with Crippen molar-refractivity contribution in [2.45, 2.75) is 33.0 Å². The summed E-state index contributed by atoms with van der Waals surface area (Å²) in [5, 5.41) is 3.02. The minimum absolute atomic E-state index is 0.0999. The molecule has 0 radical (unpaired) electrons. The van der Waals surface area contributed by atoms with Crippen molar-refractivity contribution in [3.63, 3.8) is 0 Å². The van der Waals surface area contributed by atoms with E-state index < -0.39 is 6.04 Å². The van der Waals surface area contributed by atoms with E-state index in [1.165, 1.54) is 0 Å². The lowest BCUT2D eigenvalue weighted by atomic mass is 10.0. The number of nitrogens with one attached hydrogen (secondary N) is 1. The lowest BCUT2D eigenvalue weighted by Crippen LogP contribution is -2.44. The maximum Gasteiger partial charge on any atom is 0.247 e. The van der Waals surface area contributed by atoms with Crippen LogP contribution >= 0.6 is 0 Å². The number of benzene rings is 3. The van der Waals surface area contributed by atoms with E-state index in [1.54, 1.807) is 19.1 Å². The normalized spacial score (nSPS) is 11.6. The number of carbonyl (C=O) groups is 2. The first-order valence-electron chi connectivity index (χ1n) is 11.3. The Balaban J connectivity index is 1.93. The van der Waals surface area contributed by atoms with E-state index in [4.69, 9.17) is 9.47 Å². The van der Waals surface area contributed by atoms with Crippen molar-refractivity contribution in [2.75, 3.05) is 14.2 Å². The number of hydrogen-bond acceptors (Lipinski definition) is 4. The van der Waals surface area contributed by atoms with Gasteiger partial charge in [0.15, 0.2) is 0 Å². The first kappa shape index (κ1) is 24.8. The third-order valence-electron chi connectivity index (χ3n) is 5.61. The zero-order valence-electron chi connectivity index (χ0n) is 20.2. The van der Waals surface area contributed by atoms with Gasteiger partial charge in [0.05, 0.1) is 14.2 Å². The fourth-order valence-corrected chi connectivity index (χ4v) is 3.79. The van der Waals surface area contributed by atoms with Gasteiger partial charge in [-0.2, -0.15) is 0 Å². The second-order valence-electron chi connectivity index (χ2n) is 8.31. The average molecular weight is 461 g/mol. The summed E-state index contributed by atoms with van der Waals surface area (Å²) in [6.07, 6.45) is 0. The van der Waals surface area contributed by atoms with Crippen LogP contribution in [0.5, 0.6) is 11.5 Å². The van der Waals surface area contributed by atoms with Crippen LogP contribution in [0.3, 0.4) is 0 Å². The molecule has 6 nitrogen and oxygen atoms in total. The van der Waals surface area contributed by atoms with Crippen LogP contribution in [0.2, 0.25) is 0 Å². The molecule has 0 bridgehead atoms. The second-order valence-corrected chi connectivity index (χ2v) is 8.31. The maximum atomic E-state index is 13.6. The van der Waals surface area contributed by atoms with E-state index in [0.29, 0.717) is 18.8 Å². The first-order chi connectivity index (χ1) is 16.4. The number of rotatable bonds is 10. The average Bonchev–Trinajstić information content (AvgIpc) is 2.87. The molecule has 0 aliphatic carbocycles. The van der Waals surface area contributed by atoms with Crippen molar-refractivity contribution in [1.82, 2.24) is 10.2 Å². The van der Waals surface area contributed by atoms with E-state index in [-0.39, 0.29) is 17.7 Å². The molecule has 0 unspecified atom stereocenters. The summed E-state index contributed by atoms with van der Waals surface area (Å²) in [5.41, 5.74) is 2.53. The Kier molecular flexibility index (Phi) is 8.68. The second kappa shape index (κ2) is 11.9. The van der Waals surface area contributed by atoms with Gasteiger partial charge in [-0.3, -0.25) is 9.59 Å². The Labute approximate surface area is 201 Å². The van der Waals surface area contributed by atoms with Crippen LogP contribution in [0.4, 0.5) is 0 Å². The molecule has 0 spiro atoms. The molecule has 0 aliphatic rings. The Bertz CT molecular complexity index is 1080. The van der Waals surface area contributed by atoms with Crippen LogP contribution in [0.15, 0.2) is 78.9 Å². The van der Waals surface area contributed by atoms with Crippen LogP contribution < -0.4 is 14.8 Å². The standard InChI is InChI=1S/C28H32N2O4/c1-20(2)28(32)30(19-21-14-16-24(33-3)17-15-21)26(22-10-6-5-7-11-22)27(31)29-18-23-12-8-9-13-25(23)34-4/h5-17,20,26H,18-19H2,1-4H3,(H,29,31)/t26-/m0/s1. The van der Waals surface area contributed by atoms with Gasteiger partial charge in [0, 0.05) is 24.6 Å². The Hall–Kier alpha value is -3.80. The number of amides is 2. The molecular weight excluding hydrogens is 428 g/mol. The van der Waals surface area contributed by atoms with Crippen molar-refractivity contribution >= 4 is 11.8 Å². The highest BCUT2D eigenvalue weighted by molar-refractivity contribution is 5.89. The van der Waals surface area contributed by atoms with Crippen molar-refractivity contribution in [2.24, 2.45) is 5.92 Å². The SMILES string of the molecule is COc1ccc(CN(C(=O)C(C)C)[C@H](C(=O)NCc2ccccc2OC)c2ccccc2)cc1. The molecular formula is C28H32N2O4. The predicted molar refractivity (Wildman–Crippen MR) is 132 cm³/mol. The summed E-state index contributed by atoms with van der Waals surface area (Å²) in [6, 6.07) is 23.7. The molecule has 0 saturated heterocycles. The number of methoxy groups -OCH3 is 2. The number of carbonyl (C=O) groups excluding carboxylic acids is 2. The molecule has 2 amide bonds. The van der Waals surface area contributed by atoms with E-state index >= 15 is 0 Å². The topological polar surface area (TPSA) is 67.9 Å². The molecule has 3 aromatic carbocycles. The van der Waals surface area contributed by atoms with Gasteiger partial charge in [-0.25, -0.2) is 0 Å². The molecule has 3 rings (SSSR count). The van der Waals surface area contributed by atoms with Crippen molar-refractivity contribution < 1.29 is 19.1 Å². The van der Waals surface area contributed by atoms with Gasteiger partial charge in [-0.05, 0) is 29.3 Å². The summed E-state index contributed by atoms with van der Waals surface area (Å²) in [4.78, 5) is 28.6. The maximum absolute atomic E-state index is 13.6. The number of para-hydroxylation sites is 1. The van der Waals surface area contributed by atoms with Crippen molar-refractivity contribution in [3.05, 3.63) is 95.6 Å². The van der Waals surface area contributed by atoms with Gasteiger partial charge in [0.25, 0.3) is 0 Å². The Morgan fingerprint density at radius 3 is 2.12 bits per heavy atom. The number of hydrogen-bond donors (Lipinski definition) is 1. The van der Waals surface area contributed by atoms with Crippen LogP contribution in [-0.4, -0.2) is 30.9 Å². The molecule has 0 heterocycles. The number of nitrogens with zero attached hydrogens (tertiary/aromatic N) is 1. The Morgan fingerprint density at radius 1 is 0.853 bits per heavy atom. The zero-order chi connectivity index (χ0) is 24.5. The minimum atomic E-state index is -0.784. The molecule has 6 heteroatoms. The first-order valence-corrected chi connectivity index (χ1v) is 11.3. The number of ether oxygens (including phenoxy) is 2.